The molecule has 0 aromatic heterocycles. The van der Waals surface area contributed by atoms with Gasteiger partial charge >= 0.3 is 6.09 Å². The highest BCUT2D eigenvalue weighted by Gasteiger charge is 2.47. The Morgan fingerprint density at radius 1 is 1.23 bits per heavy atom. The molecule has 7 heteroatoms. The first kappa shape index (κ1) is 20.8. The Morgan fingerprint density at radius 2 is 2.00 bits per heavy atom. The van der Waals surface area contributed by atoms with Crippen LogP contribution < -0.4 is 9.47 Å². The van der Waals surface area contributed by atoms with Crippen LogP contribution >= 0.6 is 0 Å². The van der Waals surface area contributed by atoms with Crippen LogP contribution in [0.5, 0.6) is 11.5 Å². The lowest BCUT2D eigenvalue weighted by Crippen LogP contribution is -2.39. The lowest BCUT2D eigenvalue weighted by atomic mass is 9.93. The number of benzene rings is 1. The molecule has 3 aliphatic rings. The van der Waals surface area contributed by atoms with Crippen LogP contribution in [-0.2, 0) is 9.57 Å². The first-order valence-electron chi connectivity index (χ1n) is 10.8. The summed E-state index contributed by atoms with van der Waals surface area (Å²) in [7, 11) is 1.66. The van der Waals surface area contributed by atoms with Gasteiger partial charge in [0.15, 0.2) is 17.1 Å². The van der Waals surface area contributed by atoms with Crippen LogP contribution in [0.2, 0.25) is 0 Å². The molecule has 1 amide bonds. The molecular weight excluding hydrogens is 384 g/mol. The summed E-state index contributed by atoms with van der Waals surface area (Å²) in [5, 5.41) is 4.38. The fourth-order valence-electron chi connectivity index (χ4n) is 4.36. The standard InChI is InChI=1S/C23H32N2O5/c1-22(2,3)29-21(26)25-12-11-23(15-25)14-18(24-30-23)16-9-10-19(27-4)20(13-16)28-17-7-5-6-8-17/h9-10,13,17H,5-8,11-12,14-15H2,1-4H3. The van der Waals surface area contributed by atoms with Gasteiger partial charge < -0.3 is 23.9 Å². The highest BCUT2D eigenvalue weighted by atomic mass is 16.7. The molecule has 1 aromatic carbocycles. The van der Waals surface area contributed by atoms with E-state index in [0.29, 0.717) is 19.5 Å². The number of nitrogens with zero attached hydrogens (tertiary/aromatic N) is 2. The maximum atomic E-state index is 12.4. The van der Waals surface area contributed by atoms with Crippen LogP contribution in [-0.4, -0.2) is 54.2 Å². The van der Waals surface area contributed by atoms with Crippen molar-refractivity contribution in [3.63, 3.8) is 0 Å². The maximum Gasteiger partial charge on any atom is 0.410 e. The first-order chi connectivity index (χ1) is 14.3. The van der Waals surface area contributed by atoms with Crippen molar-refractivity contribution in [2.24, 2.45) is 5.16 Å². The van der Waals surface area contributed by atoms with E-state index in [1.54, 1.807) is 12.0 Å². The van der Waals surface area contributed by atoms with Gasteiger partial charge in [-0.25, -0.2) is 4.79 Å². The number of oxime groups is 1. The molecule has 1 atom stereocenters. The third kappa shape index (κ3) is 4.50. The Bertz CT molecular complexity index is 825. The third-order valence-electron chi connectivity index (χ3n) is 5.90. The molecule has 1 aromatic rings. The Balaban J connectivity index is 1.43. The molecule has 2 fully saturated rings. The van der Waals surface area contributed by atoms with Crippen LogP contribution in [0, 0.1) is 0 Å². The van der Waals surface area contributed by atoms with Gasteiger partial charge in [0.2, 0.25) is 0 Å². The van der Waals surface area contributed by atoms with Gasteiger partial charge in [-0.2, -0.15) is 0 Å². The fraction of sp³-hybridized carbons (Fsp3) is 0.652. The average molecular weight is 417 g/mol. The van der Waals surface area contributed by atoms with Crippen LogP contribution in [0.4, 0.5) is 4.79 Å². The number of carbonyl (C=O) groups excluding carboxylic acids is 1. The topological polar surface area (TPSA) is 69.6 Å². The minimum absolute atomic E-state index is 0.250. The molecule has 30 heavy (non-hydrogen) atoms. The van der Waals surface area contributed by atoms with E-state index in [4.69, 9.17) is 19.0 Å². The molecule has 1 aliphatic carbocycles. The van der Waals surface area contributed by atoms with Gasteiger partial charge in [-0.1, -0.05) is 5.16 Å². The highest BCUT2D eigenvalue weighted by molar-refractivity contribution is 6.02. The minimum atomic E-state index is -0.510. The predicted octanol–water partition coefficient (Wildman–Crippen LogP) is 4.52. The van der Waals surface area contributed by atoms with Gasteiger partial charge in [-0.05, 0) is 64.7 Å². The molecule has 2 aliphatic heterocycles. The number of hydrogen-bond donors (Lipinski definition) is 0. The molecule has 0 radical (unpaired) electrons. The third-order valence-corrected chi connectivity index (χ3v) is 5.90. The lowest BCUT2D eigenvalue weighted by Gasteiger charge is -2.25. The Labute approximate surface area is 178 Å². The van der Waals surface area contributed by atoms with Crippen molar-refractivity contribution >= 4 is 11.8 Å². The summed E-state index contributed by atoms with van der Waals surface area (Å²) in [6.07, 6.45) is 5.94. The number of methoxy groups -OCH3 is 1. The van der Waals surface area contributed by atoms with E-state index in [1.807, 2.05) is 39.0 Å². The zero-order valence-electron chi connectivity index (χ0n) is 18.4. The summed E-state index contributed by atoms with van der Waals surface area (Å²) in [5.74, 6) is 1.49. The van der Waals surface area contributed by atoms with Gasteiger partial charge in [-0.3, -0.25) is 0 Å². The molecule has 0 N–H and O–H groups in total. The second-order valence-corrected chi connectivity index (χ2v) is 9.53. The molecule has 164 valence electrons. The number of amides is 1. The molecule has 2 heterocycles. The van der Waals surface area contributed by atoms with Crippen LogP contribution in [0.15, 0.2) is 23.4 Å². The highest BCUT2D eigenvalue weighted by Crippen LogP contribution is 2.38. The first-order valence-corrected chi connectivity index (χ1v) is 10.8. The van der Waals surface area contributed by atoms with Crippen LogP contribution in [0.3, 0.4) is 0 Å². The van der Waals surface area contributed by atoms with Crippen molar-refractivity contribution in [2.45, 2.75) is 76.6 Å². The quantitative estimate of drug-likeness (QED) is 0.722. The SMILES string of the molecule is COc1ccc(C2=NOC3(CCN(C(=O)OC(C)(C)C)C3)C2)cc1OC1CCCC1. The zero-order valence-corrected chi connectivity index (χ0v) is 18.4. The van der Waals surface area contributed by atoms with E-state index in [1.165, 1.54) is 12.8 Å². The summed E-state index contributed by atoms with van der Waals surface area (Å²) in [4.78, 5) is 20.0. The minimum Gasteiger partial charge on any atom is -0.493 e. The Morgan fingerprint density at radius 3 is 2.70 bits per heavy atom. The van der Waals surface area contributed by atoms with Crippen LogP contribution in [0.1, 0.15) is 64.9 Å². The van der Waals surface area contributed by atoms with Crippen molar-refractivity contribution in [3.8, 4) is 11.5 Å². The number of ether oxygens (including phenoxy) is 3. The van der Waals surface area contributed by atoms with E-state index in [2.05, 4.69) is 5.16 Å². The smallest absolute Gasteiger partial charge is 0.410 e. The summed E-state index contributed by atoms with van der Waals surface area (Å²) >= 11 is 0. The second kappa shape index (κ2) is 8.00. The van der Waals surface area contributed by atoms with E-state index in [0.717, 1.165) is 42.0 Å². The molecule has 1 spiro atoms. The number of likely N-dealkylation sites (tertiary alicyclic amines) is 1. The maximum absolute atomic E-state index is 12.4. The zero-order chi connectivity index (χ0) is 21.4. The van der Waals surface area contributed by atoms with Gasteiger partial charge in [0.25, 0.3) is 0 Å². The van der Waals surface area contributed by atoms with Crippen molar-refractivity contribution < 1.29 is 23.8 Å². The summed E-state index contributed by atoms with van der Waals surface area (Å²) in [6.45, 7) is 6.71. The summed E-state index contributed by atoms with van der Waals surface area (Å²) < 4.78 is 17.2. The molecular formula is C23H32N2O5. The fourth-order valence-corrected chi connectivity index (χ4v) is 4.36. The number of carbonyl (C=O) groups is 1. The Kier molecular flexibility index (Phi) is 5.55. The monoisotopic (exact) mass is 416 g/mol. The Hall–Kier alpha value is -2.44. The van der Waals surface area contributed by atoms with Gasteiger partial charge in [0.1, 0.15) is 5.60 Å². The van der Waals surface area contributed by atoms with Crippen LogP contribution in [0.25, 0.3) is 0 Å². The number of hydrogen-bond acceptors (Lipinski definition) is 6. The van der Waals surface area contributed by atoms with Crippen molar-refractivity contribution in [2.75, 3.05) is 20.2 Å². The van der Waals surface area contributed by atoms with E-state index < -0.39 is 11.2 Å². The predicted molar refractivity (Wildman–Crippen MR) is 113 cm³/mol. The molecule has 1 saturated carbocycles. The summed E-state index contributed by atoms with van der Waals surface area (Å²) in [6, 6.07) is 5.91. The largest absolute Gasteiger partial charge is 0.493 e. The van der Waals surface area contributed by atoms with Gasteiger partial charge in [-0.15, -0.1) is 0 Å². The normalized spacial score (nSPS) is 24.1. The molecule has 1 unspecified atom stereocenters. The van der Waals surface area contributed by atoms with E-state index in [9.17, 15) is 4.79 Å². The second-order valence-electron chi connectivity index (χ2n) is 9.53. The van der Waals surface area contributed by atoms with Gasteiger partial charge in [0.05, 0.1) is 25.5 Å². The number of rotatable bonds is 4. The average Bonchev–Trinajstić information content (AvgIpc) is 3.43. The van der Waals surface area contributed by atoms with E-state index >= 15 is 0 Å². The van der Waals surface area contributed by atoms with Gasteiger partial charge in [0, 0.05) is 24.9 Å². The van der Waals surface area contributed by atoms with Crippen molar-refractivity contribution in [1.82, 2.24) is 4.90 Å². The van der Waals surface area contributed by atoms with Crippen molar-refractivity contribution in [3.05, 3.63) is 23.8 Å². The lowest BCUT2D eigenvalue weighted by molar-refractivity contribution is -0.0159. The molecule has 7 nitrogen and oxygen atoms in total. The molecule has 0 bridgehead atoms. The molecule has 1 saturated heterocycles. The summed E-state index contributed by atoms with van der Waals surface area (Å²) in [5.41, 5.74) is 0.860. The van der Waals surface area contributed by atoms with Crippen molar-refractivity contribution in [1.29, 1.82) is 0 Å². The van der Waals surface area contributed by atoms with E-state index in [-0.39, 0.29) is 12.2 Å². The molecule has 4 rings (SSSR count).